The summed E-state index contributed by atoms with van der Waals surface area (Å²) in [5, 5.41) is 3.13. The Morgan fingerprint density at radius 2 is 2.06 bits per heavy atom. The Bertz CT molecular complexity index is 338. The van der Waals surface area contributed by atoms with Crippen molar-refractivity contribution in [2.45, 2.75) is 13.0 Å². The fourth-order valence-corrected chi connectivity index (χ4v) is 1.13. The van der Waals surface area contributed by atoms with E-state index in [2.05, 4.69) is 5.32 Å². The molecule has 0 bridgehead atoms. The molecule has 88 valence electrons. The Morgan fingerprint density at radius 1 is 1.44 bits per heavy atom. The highest BCUT2D eigenvalue weighted by Crippen LogP contribution is 2.16. The van der Waals surface area contributed by atoms with E-state index in [1.807, 2.05) is 12.1 Å². The summed E-state index contributed by atoms with van der Waals surface area (Å²) in [6.07, 6.45) is -0.622. The van der Waals surface area contributed by atoms with Crippen LogP contribution in [-0.2, 0) is 4.79 Å². The number of amides is 1. The van der Waals surface area contributed by atoms with Gasteiger partial charge in [0, 0.05) is 18.8 Å². The molecule has 1 aromatic carbocycles. The number of nitrogens with one attached hydrogen (secondary N) is 1. The van der Waals surface area contributed by atoms with E-state index in [1.165, 1.54) is 0 Å². The normalized spacial score (nSPS) is 11.9. The third kappa shape index (κ3) is 3.78. The maximum atomic E-state index is 10.8. The first-order valence-electron chi connectivity index (χ1n) is 5.13. The monoisotopic (exact) mass is 223 g/mol. The molecule has 0 saturated heterocycles. The summed E-state index contributed by atoms with van der Waals surface area (Å²) in [5.74, 6) is 0.134. The number of anilines is 1. The second-order valence-corrected chi connectivity index (χ2v) is 3.40. The predicted molar refractivity (Wildman–Crippen MR) is 63.3 cm³/mol. The zero-order chi connectivity index (χ0) is 12.0. The molecular weight excluding hydrogens is 206 g/mol. The number of ether oxygens (including phenoxy) is 1. The van der Waals surface area contributed by atoms with Crippen LogP contribution in [0.5, 0.6) is 5.75 Å². The first kappa shape index (κ1) is 12.3. The quantitative estimate of drug-likeness (QED) is 0.647. The van der Waals surface area contributed by atoms with Gasteiger partial charge in [0.2, 0.25) is 0 Å². The van der Waals surface area contributed by atoms with Crippen LogP contribution in [0.3, 0.4) is 0 Å². The molecule has 1 rings (SSSR count). The highest BCUT2D eigenvalue weighted by Gasteiger charge is 2.09. The molecule has 16 heavy (non-hydrogen) atoms. The molecule has 0 radical (unpaired) electrons. The van der Waals surface area contributed by atoms with Crippen molar-refractivity contribution in [1.29, 1.82) is 0 Å². The Kier molecular flexibility index (Phi) is 4.60. The van der Waals surface area contributed by atoms with E-state index in [1.54, 1.807) is 19.1 Å². The molecule has 1 unspecified atom stereocenters. The van der Waals surface area contributed by atoms with E-state index in [4.69, 9.17) is 16.2 Å². The SMILES string of the molecule is CC(Oc1ccc(NCCN)cc1)C(N)=O. The fraction of sp³-hybridized carbons (Fsp3) is 0.364. The smallest absolute Gasteiger partial charge is 0.258 e. The van der Waals surface area contributed by atoms with E-state index >= 15 is 0 Å². The van der Waals surface area contributed by atoms with Crippen LogP contribution in [-0.4, -0.2) is 25.1 Å². The van der Waals surface area contributed by atoms with Gasteiger partial charge in [-0.1, -0.05) is 0 Å². The first-order valence-corrected chi connectivity index (χ1v) is 5.13. The second-order valence-electron chi connectivity index (χ2n) is 3.40. The van der Waals surface area contributed by atoms with Crippen LogP contribution >= 0.6 is 0 Å². The Labute approximate surface area is 94.8 Å². The molecule has 1 amide bonds. The minimum atomic E-state index is -0.622. The standard InChI is InChI=1S/C11H17N3O2/c1-8(11(13)15)16-10-4-2-9(3-5-10)14-7-6-12/h2-5,8,14H,6-7,12H2,1H3,(H2,13,15). The van der Waals surface area contributed by atoms with Gasteiger partial charge in [-0.2, -0.15) is 0 Å². The van der Waals surface area contributed by atoms with Gasteiger partial charge in [0.25, 0.3) is 5.91 Å². The molecule has 0 spiro atoms. The zero-order valence-corrected chi connectivity index (χ0v) is 9.27. The van der Waals surface area contributed by atoms with Crippen LogP contribution in [0.25, 0.3) is 0 Å². The topological polar surface area (TPSA) is 90.4 Å². The summed E-state index contributed by atoms with van der Waals surface area (Å²) in [6.45, 7) is 2.91. The van der Waals surface area contributed by atoms with Gasteiger partial charge in [-0.25, -0.2) is 0 Å². The van der Waals surface area contributed by atoms with Gasteiger partial charge in [0.15, 0.2) is 6.10 Å². The van der Waals surface area contributed by atoms with E-state index < -0.39 is 12.0 Å². The number of hydrogen-bond donors (Lipinski definition) is 3. The van der Waals surface area contributed by atoms with Gasteiger partial charge in [-0.05, 0) is 31.2 Å². The lowest BCUT2D eigenvalue weighted by molar-refractivity contribution is -0.123. The summed E-state index contributed by atoms with van der Waals surface area (Å²) in [5.41, 5.74) is 11.4. The highest BCUT2D eigenvalue weighted by molar-refractivity contribution is 5.78. The van der Waals surface area contributed by atoms with Gasteiger partial charge in [-0.3, -0.25) is 4.79 Å². The molecule has 0 aliphatic rings. The van der Waals surface area contributed by atoms with Crippen LogP contribution < -0.4 is 21.5 Å². The minimum absolute atomic E-state index is 0.481. The molecule has 0 fully saturated rings. The average Bonchev–Trinajstić information content (AvgIpc) is 2.28. The maximum Gasteiger partial charge on any atom is 0.258 e. The summed E-state index contributed by atoms with van der Waals surface area (Å²) < 4.78 is 5.31. The molecule has 1 atom stereocenters. The summed E-state index contributed by atoms with van der Waals surface area (Å²) in [7, 11) is 0. The molecule has 0 heterocycles. The van der Waals surface area contributed by atoms with E-state index in [0.717, 1.165) is 12.2 Å². The largest absolute Gasteiger partial charge is 0.481 e. The third-order valence-electron chi connectivity index (χ3n) is 2.04. The lowest BCUT2D eigenvalue weighted by Gasteiger charge is -2.11. The summed E-state index contributed by atoms with van der Waals surface area (Å²) in [6, 6.07) is 7.27. The van der Waals surface area contributed by atoms with Gasteiger partial charge < -0.3 is 21.5 Å². The third-order valence-corrected chi connectivity index (χ3v) is 2.04. The lowest BCUT2D eigenvalue weighted by atomic mass is 10.3. The van der Waals surface area contributed by atoms with Crippen LogP contribution in [0.2, 0.25) is 0 Å². The molecule has 0 aromatic heterocycles. The molecule has 0 aliphatic heterocycles. The zero-order valence-electron chi connectivity index (χ0n) is 9.27. The van der Waals surface area contributed by atoms with Gasteiger partial charge in [-0.15, -0.1) is 0 Å². The summed E-state index contributed by atoms with van der Waals surface area (Å²) >= 11 is 0. The second kappa shape index (κ2) is 5.97. The highest BCUT2D eigenvalue weighted by atomic mass is 16.5. The van der Waals surface area contributed by atoms with Crippen LogP contribution in [0.4, 0.5) is 5.69 Å². The Morgan fingerprint density at radius 3 is 2.56 bits per heavy atom. The molecule has 5 nitrogen and oxygen atoms in total. The molecule has 0 aliphatic carbocycles. The van der Waals surface area contributed by atoms with Crippen molar-refractivity contribution in [3.63, 3.8) is 0 Å². The van der Waals surface area contributed by atoms with Crippen molar-refractivity contribution in [2.24, 2.45) is 11.5 Å². The van der Waals surface area contributed by atoms with Crippen LogP contribution in [0.15, 0.2) is 24.3 Å². The molecule has 5 heteroatoms. The van der Waals surface area contributed by atoms with Crippen LogP contribution in [0, 0.1) is 0 Å². The average molecular weight is 223 g/mol. The van der Waals surface area contributed by atoms with Crippen molar-refractivity contribution in [1.82, 2.24) is 0 Å². The van der Waals surface area contributed by atoms with Crippen molar-refractivity contribution >= 4 is 11.6 Å². The number of rotatable bonds is 6. The Balaban J connectivity index is 2.54. The fourth-order valence-electron chi connectivity index (χ4n) is 1.13. The number of nitrogens with two attached hydrogens (primary N) is 2. The number of carbonyl (C=O) groups is 1. The number of benzene rings is 1. The molecule has 1 aromatic rings. The minimum Gasteiger partial charge on any atom is -0.481 e. The van der Waals surface area contributed by atoms with Gasteiger partial charge in [0.1, 0.15) is 5.75 Å². The van der Waals surface area contributed by atoms with E-state index in [0.29, 0.717) is 12.3 Å². The van der Waals surface area contributed by atoms with E-state index in [9.17, 15) is 4.79 Å². The number of primary amides is 1. The predicted octanol–water partition coefficient (Wildman–Crippen LogP) is 0.310. The number of hydrogen-bond acceptors (Lipinski definition) is 4. The maximum absolute atomic E-state index is 10.8. The van der Waals surface area contributed by atoms with Gasteiger partial charge >= 0.3 is 0 Å². The lowest BCUT2D eigenvalue weighted by Crippen LogP contribution is -2.30. The molecular formula is C11H17N3O2. The van der Waals surface area contributed by atoms with Crippen molar-refractivity contribution in [3.05, 3.63) is 24.3 Å². The van der Waals surface area contributed by atoms with Crippen molar-refractivity contribution in [2.75, 3.05) is 18.4 Å². The number of carbonyl (C=O) groups excluding carboxylic acids is 1. The summed E-state index contributed by atoms with van der Waals surface area (Å²) in [4.78, 5) is 10.8. The van der Waals surface area contributed by atoms with E-state index in [-0.39, 0.29) is 0 Å². The van der Waals surface area contributed by atoms with Crippen LogP contribution in [0.1, 0.15) is 6.92 Å². The van der Waals surface area contributed by atoms with Crippen molar-refractivity contribution in [3.8, 4) is 5.75 Å². The first-order chi connectivity index (χ1) is 7.63. The molecule has 0 saturated carbocycles. The molecule has 5 N–H and O–H groups in total. The van der Waals surface area contributed by atoms with Crippen molar-refractivity contribution < 1.29 is 9.53 Å². The Hall–Kier alpha value is -1.75. The van der Waals surface area contributed by atoms with Gasteiger partial charge in [0.05, 0.1) is 0 Å².